The van der Waals surface area contributed by atoms with Crippen molar-refractivity contribution < 1.29 is 4.39 Å². The summed E-state index contributed by atoms with van der Waals surface area (Å²) in [7, 11) is 0. The van der Waals surface area contributed by atoms with E-state index in [4.69, 9.17) is 11.6 Å². The molecule has 1 heterocycles. The van der Waals surface area contributed by atoms with Crippen LogP contribution >= 0.6 is 11.6 Å². The van der Waals surface area contributed by atoms with Gasteiger partial charge in [0.1, 0.15) is 5.82 Å². The molecule has 0 spiro atoms. The second-order valence-corrected chi connectivity index (χ2v) is 5.18. The Hall–Kier alpha value is -1.39. The van der Waals surface area contributed by atoms with Crippen LogP contribution in [0, 0.1) is 5.82 Å². The van der Waals surface area contributed by atoms with Crippen molar-refractivity contribution in [3.63, 3.8) is 0 Å². The SMILES string of the molecule is CC(C)NCc1cn(Cc2c(F)cccc2Cl)cn1. The maximum Gasteiger partial charge on any atom is 0.129 e. The Balaban J connectivity index is 2.07. The number of nitrogens with one attached hydrogen (secondary N) is 1. The van der Waals surface area contributed by atoms with Crippen LogP contribution in [-0.2, 0) is 13.1 Å². The Morgan fingerprint density at radius 3 is 2.89 bits per heavy atom. The number of halogens is 2. The number of nitrogens with zero attached hydrogens (tertiary/aromatic N) is 2. The van der Waals surface area contributed by atoms with Crippen molar-refractivity contribution in [3.05, 3.63) is 52.8 Å². The predicted octanol–water partition coefficient (Wildman–Crippen LogP) is 3.22. The van der Waals surface area contributed by atoms with E-state index in [0.29, 0.717) is 29.7 Å². The standard InChI is InChI=1S/C14H17ClFN3/c1-10(2)17-6-11-7-19(9-18-11)8-12-13(15)4-3-5-14(12)16/h3-5,7,9-10,17H,6,8H2,1-2H3. The first-order valence-corrected chi connectivity index (χ1v) is 6.61. The van der Waals surface area contributed by atoms with Gasteiger partial charge in [-0.05, 0) is 12.1 Å². The zero-order valence-corrected chi connectivity index (χ0v) is 11.8. The first-order chi connectivity index (χ1) is 9.06. The third-order valence-electron chi connectivity index (χ3n) is 2.78. The van der Waals surface area contributed by atoms with E-state index in [0.717, 1.165) is 5.69 Å². The zero-order chi connectivity index (χ0) is 13.8. The molecule has 3 nitrogen and oxygen atoms in total. The lowest BCUT2D eigenvalue weighted by Crippen LogP contribution is -2.21. The summed E-state index contributed by atoms with van der Waals surface area (Å²) >= 11 is 6.00. The molecular weight excluding hydrogens is 265 g/mol. The zero-order valence-electron chi connectivity index (χ0n) is 11.0. The van der Waals surface area contributed by atoms with Crippen molar-refractivity contribution in [2.24, 2.45) is 0 Å². The predicted molar refractivity (Wildman–Crippen MR) is 74.7 cm³/mol. The van der Waals surface area contributed by atoms with Crippen LogP contribution in [0.4, 0.5) is 4.39 Å². The number of benzene rings is 1. The molecule has 2 rings (SSSR count). The van der Waals surface area contributed by atoms with E-state index in [2.05, 4.69) is 24.1 Å². The van der Waals surface area contributed by atoms with Crippen molar-refractivity contribution in [1.82, 2.24) is 14.9 Å². The topological polar surface area (TPSA) is 29.9 Å². The van der Waals surface area contributed by atoms with Gasteiger partial charge >= 0.3 is 0 Å². The summed E-state index contributed by atoms with van der Waals surface area (Å²) in [6.07, 6.45) is 3.60. The molecule has 2 aromatic rings. The largest absolute Gasteiger partial charge is 0.333 e. The molecule has 0 saturated heterocycles. The van der Waals surface area contributed by atoms with Gasteiger partial charge in [0.2, 0.25) is 0 Å². The van der Waals surface area contributed by atoms with Crippen molar-refractivity contribution in [1.29, 1.82) is 0 Å². The first-order valence-electron chi connectivity index (χ1n) is 6.23. The van der Waals surface area contributed by atoms with Gasteiger partial charge in [-0.25, -0.2) is 9.37 Å². The third kappa shape index (κ3) is 3.78. The molecule has 0 bridgehead atoms. The molecule has 0 atom stereocenters. The summed E-state index contributed by atoms with van der Waals surface area (Å²) in [5.41, 5.74) is 1.42. The molecule has 0 aliphatic rings. The smallest absolute Gasteiger partial charge is 0.129 e. The average Bonchev–Trinajstić information content (AvgIpc) is 2.79. The highest BCUT2D eigenvalue weighted by atomic mass is 35.5. The van der Waals surface area contributed by atoms with Gasteiger partial charge in [0.25, 0.3) is 0 Å². The molecule has 5 heteroatoms. The van der Waals surface area contributed by atoms with Crippen molar-refractivity contribution >= 4 is 11.6 Å². The molecular formula is C14H17ClFN3. The summed E-state index contributed by atoms with van der Waals surface area (Å²) in [6.45, 7) is 5.25. The lowest BCUT2D eigenvalue weighted by Gasteiger charge is -2.07. The van der Waals surface area contributed by atoms with Gasteiger partial charge in [-0.2, -0.15) is 0 Å². The monoisotopic (exact) mass is 281 g/mol. The summed E-state index contributed by atoms with van der Waals surface area (Å²) < 4.78 is 15.5. The molecule has 0 aliphatic heterocycles. The highest BCUT2D eigenvalue weighted by Crippen LogP contribution is 2.20. The van der Waals surface area contributed by atoms with E-state index < -0.39 is 0 Å². The van der Waals surface area contributed by atoms with Crippen LogP contribution in [0.15, 0.2) is 30.7 Å². The summed E-state index contributed by atoms with van der Waals surface area (Å²) in [6, 6.07) is 5.12. The van der Waals surface area contributed by atoms with Crippen LogP contribution in [-0.4, -0.2) is 15.6 Å². The van der Waals surface area contributed by atoms with E-state index in [1.807, 2.05) is 10.8 Å². The summed E-state index contributed by atoms with van der Waals surface area (Å²) in [5.74, 6) is -0.289. The molecule has 1 aromatic carbocycles. The first kappa shape index (κ1) is 14.0. The minimum Gasteiger partial charge on any atom is -0.333 e. The van der Waals surface area contributed by atoms with Crippen LogP contribution in [0.5, 0.6) is 0 Å². The van der Waals surface area contributed by atoms with Crippen LogP contribution in [0.25, 0.3) is 0 Å². The highest BCUT2D eigenvalue weighted by molar-refractivity contribution is 6.31. The van der Waals surface area contributed by atoms with Gasteiger partial charge in [0.05, 0.1) is 18.6 Å². The lowest BCUT2D eigenvalue weighted by atomic mass is 10.2. The molecule has 19 heavy (non-hydrogen) atoms. The maximum atomic E-state index is 13.7. The van der Waals surface area contributed by atoms with E-state index in [9.17, 15) is 4.39 Å². The molecule has 0 radical (unpaired) electrons. The molecule has 1 aromatic heterocycles. The number of imidazole rings is 1. The molecule has 0 saturated carbocycles. The minimum absolute atomic E-state index is 0.289. The van der Waals surface area contributed by atoms with Crippen LogP contribution in [0.3, 0.4) is 0 Å². The fourth-order valence-corrected chi connectivity index (χ4v) is 1.98. The van der Waals surface area contributed by atoms with E-state index in [-0.39, 0.29) is 5.82 Å². The Morgan fingerprint density at radius 2 is 2.21 bits per heavy atom. The van der Waals surface area contributed by atoms with Crippen LogP contribution in [0.1, 0.15) is 25.1 Å². The Morgan fingerprint density at radius 1 is 1.42 bits per heavy atom. The Kier molecular flexibility index (Phi) is 4.56. The quantitative estimate of drug-likeness (QED) is 0.912. The number of aromatic nitrogens is 2. The van der Waals surface area contributed by atoms with Gasteiger partial charge in [-0.3, -0.25) is 0 Å². The number of hydrogen-bond donors (Lipinski definition) is 1. The number of rotatable bonds is 5. The normalized spacial score (nSPS) is 11.2. The van der Waals surface area contributed by atoms with Gasteiger partial charge in [-0.15, -0.1) is 0 Å². The molecule has 0 aliphatic carbocycles. The van der Waals surface area contributed by atoms with Gasteiger partial charge in [0.15, 0.2) is 0 Å². The third-order valence-corrected chi connectivity index (χ3v) is 3.13. The molecule has 1 N–H and O–H groups in total. The number of hydrogen-bond acceptors (Lipinski definition) is 2. The van der Waals surface area contributed by atoms with Gasteiger partial charge in [-0.1, -0.05) is 31.5 Å². The van der Waals surface area contributed by atoms with E-state index >= 15 is 0 Å². The van der Waals surface area contributed by atoms with Crippen molar-refractivity contribution in [3.8, 4) is 0 Å². The van der Waals surface area contributed by atoms with Crippen molar-refractivity contribution in [2.75, 3.05) is 0 Å². The lowest BCUT2D eigenvalue weighted by molar-refractivity contribution is 0.582. The van der Waals surface area contributed by atoms with E-state index in [1.54, 1.807) is 18.5 Å². The fraction of sp³-hybridized carbons (Fsp3) is 0.357. The van der Waals surface area contributed by atoms with E-state index in [1.165, 1.54) is 6.07 Å². The maximum absolute atomic E-state index is 13.7. The second-order valence-electron chi connectivity index (χ2n) is 4.77. The molecule has 0 fully saturated rings. The van der Waals surface area contributed by atoms with Crippen LogP contribution < -0.4 is 5.32 Å². The molecule has 102 valence electrons. The Bertz CT molecular complexity index is 531. The van der Waals surface area contributed by atoms with Crippen LogP contribution in [0.2, 0.25) is 5.02 Å². The van der Waals surface area contributed by atoms with Gasteiger partial charge < -0.3 is 9.88 Å². The Labute approximate surface area is 117 Å². The average molecular weight is 282 g/mol. The van der Waals surface area contributed by atoms with Gasteiger partial charge in [0, 0.05) is 29.4 Å². The fourth-order valence-electron chi connectivity index (χ4n) is 1.76. The highest BCUT2D eigenvalue weighted by Gasteiger charge is 2.08. The summed E-state index contributed by atoms with van der Waals surface area (Å²) in [5, 5.41) is 3.73. The second kappa shape index (κ2) is 6.17. The minimum atomic E-state index is -0.289. The van der Waals surface area contributed by atoms with Crippen molar-refractivity contribution in [2.45, 2.75) is 33.0 Å². The summed E-state index contributed by atoms with van der Waals surface area (Å²) in [4.78, 5) is 4.28. The molecule has 0 amide bonds. The molecule has 0 unspecified atom stereocenters.